The summed E-state index contributed by atoms with van der Waals surface area (Å²) in [6, 6.07) is 12.3. The van der Waals surface area contributed by atoms with Gasteiger partial charge in [0.2, 0.25) is 5.88 Å². The fourth-order valence-electron chi connectivity index (χ4n) is 3.09. The monoisotopic (exact) mass is 339 g/mol. The lowest BCUT2D eigenvalue weighted by Gasteiger charge is -2.22. The van der Waals surface area contributed by atoms with Gasteiger partial charge in [0.05, 0.1) is 24.9 Å². The van der Waals surface area contributed by atoms with Gasteiger partial charge in [0, 0.05) is 12.3 Å². The first-order valence-corrected chi connectivity index (χ1v) is 8.02. The van der Waals surface area contributed by atoms with Gasteiger partial charge >= 0.3 is 12.1 Å². The maximum Gasteiger partial charge on any atom is 0.418 e. The Morgan fingerprint density at radius 2 is 2.04 bits per heavy atom. The van der Waals surface area contributed by atoms with Gasteiger partial charge in [-0.3, -0.25) is 4.90 Å². The third-order valence-electron chi connectivity index (χ3n) is 4.41. The molecule has 25 heavy (non-hydrogen) atoms. The van der Waals surface area contributed by atoms with Gasteiger partial charge in [-0.15, -0.1) is 0 Å². The van der Waals surface area contributed by atoms with E-state index in [2.05, 4.69) is 4.98 Å². The Kier molecular flexibility index (Phi) is 3.76. The van der Waals surface area contributed by atoms with E-state index in [0.29, 0.717) is 11.6 Å². The zero-order valence-electron chi connectivity index (χ0n) is 13.7. The van der Waals surface area contributed by atoms with Crippen LogP contribution in [-0.2, 0) is 11.3 Å². The number of benzene rings is 1. The van der Waals surface area contributed by atoms with Crippen LogP contribution in [0, 0.1) is 0 Å². The number of urea groups is 1. The van der Waals surface area contributed by atoms with Crippen molar-refractivity contribution >= 4 is 17.8 Å². The fourth-order valence-corrected chi connectivity index (χ4v) is 3.09. The van der Waals surface area contributed by atoms with Crippen LogP contribution in [0.3, 0.4) is 0 Å². The average molecular weight is 339 g/mol. The first kappa shape index (κ1) is 15.4. The topological polar surface area (TPSA) is 72.0 Å². The summed E-state index contributed by atoms with van der Waals surface area (Å²) in [5.41, 5.74) is 1.55. The number of carbonyl (C=O) groups excluding carboxylic acids is 2. The van der Waals surface area contributed by atoms with Gasteiger partial charge in [0.15, 0.2) is 0 Å². The van der Waals surface area contributed by atoms with Crippen molar-refractivity contribution in [1.82, 2.24) is 9.88 Å². The molecule has 0 bridgehead atoms. The maximum atomic E-state index is 12.7. The van der Waals surface area contributed by atoms with Crippen molar-refractivity contribution in [3.63, 3.8) is 0 Å². The van der Waals surface area contributed by atoms with Crippen molar-refractivity contribution in [2.75, 3.05) is 12.0 Å². The van der Waals surface area contributed by atoms with Gasteiger partial charge in [0.1, 0.15) is 6.61 Å². The lowest BCUT2D eigenvalue weighted by Crippen LogP contribution is -2.41. The van der Waals surface area contributed by atoms with Gasteiger partial charge in [-0.05, 0) is 18.1 Å². The molecular formula is C18H17N3O4. The Morgan fingerprint density at radius 1 is 1.24 bits per heavy atom. The minimum Gasteiger partial charge on any atom is -0.481 e. The van der Waals surface area contributed by atoms with E-state index in [0.717, 1.165) is 12.0 Å². The van der Waals surface area contributed by atoms with Crippen molar-refractivity contribution in [3.8, 4) is 5.88 Å². The lowest BCUT2D eigenvalue weighted by atomic mass is 10.2. The van der Waals surface area contributed by atoms with Crippen LogP contribution in [0.4, 0.5) is 15.3 Å². The summed E-state index contributed by atoms with van der Waals surface area (Å²) in [5, 5.41) is 0. The molecule has 0 N–H and O–H groups in total. The first-order valence-electron chi connectivity index (χ1n) is 8.02. The number of pyridine rings is 1. The van der Waals surface area contributed by atoms with E-state index in [1.54, 1.807) is 23.2 Å². The zero-order chi connectivity index (χ0) is 17.4. The summed E-state index contributed by atoms with van der Waals surface area (Å²) in [5.74, 6) is 0.424. The second-order valence-corrected chi connectivity index (χ2v) is 5.99. The molecule has 2 aliphatic rings. The van der Waals surface area contributed by atoms with Crippen molar-refractivity contribution < 1.29 is 19.1 Å². The highest BCUT2D eigenvalue weighted by Gasteiger charge is 2.60. The SMILES string of the molecule is COc1cc(N2C(=O)N(C(=O)OCc3ccccc3)[C@H]3C[C@@H]32)ccn1. The molecule has 2 atom stereocenters. The van der Waals surface area contributed by atoms with E-state index in [1.165, 1.54) is 12.0 Å². The van der Waals surface area contributed by atoms with Gasteiger partial charge < -0.3 is 9.47 Å². The number of carbonyl (C=O) groups is 2. The second-order valence-electron chi connectivity index (χ2n) is 5.99. The van der Waals surface area contributed by atoms with Gasteiger partial charge in [0.25, 0.3) is 0 Å². The van der Waals surface area contributed by atoms with Crippen LogP contribution in [0.1, 0.15) is 12.0 Å². The minimum atomic E-state index is -0.607. The predicted octanol–water partition coefficient (Wildman–Crippen LogP) is 2.81. The second kappa shape index (κ2) is 6.08. The van der Waals surface area contributed by atoms with Crippen LogP contribution in [0.2, 0.25) is 0 Å². The zero-order valence-corrected chi connectivity index (χ0v) is 13.7. The number of nitrogens with zero attached hydrogens (tertiary/aromatic N) is 3. The standard InChI is InChI=1S/C18H17N3O4/c1-24-16-9-13(7-8-19-16)20-14-10-15(14)21(17(20)22)18(23)25-11-12-5-3-2-4-6-12/h2-9,14-15H,10-11H2,1H3/t14-,15-/m0/s1. The quantitative estimate of drug-likeness (QED) is 0.856. The minimum absolute atomic E-state index is 0.0103. The molecule has 2 heterocycles. The molecule has 7 heteroatoms. The molecule has 1 aliphatic heterocycles. The summed E-state index contributed by atoms with van der Waals surface area (Å²) in [4.78, 5) is 31.9. The molecule has 2 fully saturated rings. The number of hydrogen-bond acceptors (Lipinski definition) is 5. The molecule has 1 saturated carbocycles. The molecule has 128 valence electrons. The van der Waals surface area contributed by atoms with Crippen LogP contribution < -0.4 is 9.64 Å². The summed E-state index contributed by atoms with van der Waals surface area (Å²) in [6.07, 6.45) is 1.72. The first-order chi connectivity index (χ1) is 12.2. The number of anilines is 1. The van der Waals surface area contributed by atoms with Gasteiger partial charge in [-0.2, -0.15) is 0 Å². The highest BCUT2D eigenvalue weighted by Crippen LogP contribution is 2.44. The summed E-state index contributed by atoms with van der Waals surface area (Å²) >= 11 is 0. The van der Waals surface area contributed by atoms with Crippen LogP contribution in [0.5, 0.6) is 5.88 Å². The molecule has 1 aliphatic carbocycles. The Hall–Kier alpha value is -3.09. The Morgan fingerprint density at radius 3 is 2.80 bits per heavy atom. The molecule has 1 aromatic heterocycles. The van der Waals surface area contributed by atoms with Crippen molar-refractivity contribution in [2.45, 2.75) is 25.1 Å². The molecule has 1 aromatic carbocycles. The average Bonchev–Trinajstić information content (AvgIpc) is 3.35. The van der Waals surface area contributed by atoms with Crippen LogP contribution in [0.25, 0.3) is 0 Å². The van der Waals surface area contributed by atoms with Crippen molar-refractivity contribution in [2.24, 2.45) is 0 Å². The third kappa shape index (κ3) is 2.77. The summed E-state index contributed by atoms with van der Waals surface area (Å²) < 4.78 is 10.4. The Balaban J connectivity index is 1.47. The molecule has 0 unspecified atom stereocenters. The van der Waals surface area contributed by atoms with E-state index < -0.39 is 6.09 Å². The molecule has 3 amide bonds. The number of methoxy groups -OCH3 is 1. The highest BCUT2D eigenvalue weighted by atomic mass is 16.6. The molecule has 2 aromatic rings. The number of fused-ring (bicyclic) bond motifs is 1. The van der Waals surface area contributed by atoms with Gasteiger partial charge in [-0.25, -0.2) is 19.5 Å². The predicted molar refractivity (Wildman–Crippen MR) is 89.3 cm³/mol. The number of rotatable bonds is 4. The largest absolute Gasteiger partial charge is 0.481 e. The van der Waals surface area contributed by atoms with E-state index >= 15 is 0 Å². The maximum absolute atomic E-state index is 12.7. The summed E-state index contributed by atoms with van der Waals surface area (Å²) in [6.45, 7) is 0.143. The van der Waals surface area contributed by atoms with Crippen LogP contribution >= 0.6 is 0 Å². The van der Waals surface area contributed by atoms with Crippen LogP contribution in [-0.4, -0.2) is 41.2 Å². The van der Waals surface area contributed by atoms with E-state index in [4.69, 9.17) is 9.47 Å². The highest BCUT2D eigenvalue weighted by molar-refractivity contribution is 6.05. The Labute approximate surface area is 144 Å². The number of ether oxygens (including phenoxy) is 2. The number of imide groups is 1. The molecule has 4 rings (SSSR count). The molecular weight excluding hydrogens is 322 g/mol. The third-order valence-corrected chi connectivity index (χ3v) is 4.41. The van der Waals surface area contributed by atoms with Crippen molar-refractivity contribution in [1.29, 1.82) is 0 Å². The summed E-state index contributed by atoms with van der Waals surface area (Å²) in [7, 11) is 1.52. The van der Waals surface area contributed by atoms with Gasteiger partial charge in [-0.1, -0.05) is 30.3 Å². The Bertz CT molecular complexity index is 811. The number of amides is 3. The smallest absolute Gasteiger partial charge is 0.418 e. The molecule has 7 nitrogen and oxygen atoms in total. The van der Waals surface area contributed by atoms with Crippen molar-refractivity contribution in [3.05, 3.63) is 54.2 Å². The van der Waals surface area contributed by atoms with Crippen LogP contribution in [0.15, 0.2) is 48.7 Å². The molecule has 1 saturated heterocycles. The number of aromatic nitrogens is 1. The lowest BCUT2D eigenvalue weighted by molar-refractivity contribution is 0.107. The van der Waals surface area contributed by atoms with E-state index in [9.17, 15) is 9.59 Å². The normalized spacial score (nSPS) is 21.1. The van der Waals surface area contributed by atoms with E-state index in [-0.39, 0.29) is 24.7 Å². The number of hydrogen-bond donors (Lipinski definition) is 0. The molecule has 0 spiro atoms. The van der Waals surface area contributed by atoms with E-state index in [1.807, 2.05) is 30.3 Å². The molecule has 0 radical (unpaired) electrons. The fraction of sp³-hybridized carbons (Fsp3) is 0.278.